The van der Waals surface area contributed by atoms with Gasteiger partial charge in [0.25, 0.3) is 0 Å². The zero-order chi connectivity index (χ0) is 12.7. The van der Waals surface area contributed by atoms with Crippen LogP contribution in [0.25, 0.3) is 0 Å². The molecule has 0 saturated heterocycles. The lowest BCUT2D eigenvalue weighted by Gasteiger charge is -2.13. The van der Waals surface area contributed by atoms with E-state index >= 15 is 0 Å². The summed E-state index contributed by atoms with van der Waals surface area (Å²) in [5.74, 6) is 0. The second-order valence-electron chi connectivity index (χ2n) is 3.74. The molecule has 0 heterocycles. The van der Waals surface area contributed by atoms with Crippen molar-refractivity contribution in [2.45, 2.75) is 19.6 Å². The maximum atomic E-state index is 11.2. The van der Waals surface area contributed by atoms with Gasteiger partial charge in [0, 0.05) is 6.04 Å². The highest BCUT2D eigenvalue weighted by Crippen LogP contribution is 2.01. The molecule has 1 N–H and O–H groups in total. The standard InChI is InChI=1S/C11H16BrNO3S/c1-10(13-17(14,15)9-12)7-16-8-11-5-3-2-4-6-11/h2-6,10,13H,7-9H2,1H3. The molecule has 17 heavy (non-hydrogen) atoms. The van der Waals surface area contributed by atoms with Gasteiger partial charge < -0.3 is 4.74 Å². The molecular formula is C11H16BrNO3S. The van der Waals surface area contributed by atoms with Crippen molar-refractivity contribution in [1.29, 1.82) is 0 Å². The Kier molecular flexibility index (Phi) is 6.11. The number of rotatable bonds is 7. The molecule has 6 heteroatoms. The summed E-state index contributed by atoms with van der Waals surface area (Å²) in [7, 11) is -3.23. The normalized spacial score (nSPS) is 13.5. The summed E-state index contributed by atoms with van der Waals surface area (Å²) in [5.41, 5.74) is 1.07. The van der Waals surface area contributed by atoms with Crippen LogP contribution in [0.4, 0.5) is 0 Å². The van der Waals surface area contributed by atoms with Crippen LogP contribution < -0.4 is 4.72 Å². The Morgan fingerprint density at radius 2 is 2.00 bits per heavy atom. The van der Waals surface area contributed by atoms with E-state index < -0.39 is 10.0 Å². The second kappa shape index (κ2) is 7.10. The van der Waals surface area contributed by atoms with E-state index in [9.17, 15) is 8.42 Å². The Labute approximate surface area is 111 Å². The molecule has 0 fully saturated rings. The highest BCUT2D eigenvalue weighted by molar-refractivity contribution is 9.10. The lowest BCUT2D eigenvalue weighted by Crippen LogP contribution is -2.36. The molecule has 0 saturated carbocycles. The van der Waals surface area contributed by atoms with Crippen molar-refractivity contribution in [3.63, 3.8) is 0 Å². The number of alkyl halides is 1. The Morgan fingerprint density at radius 3 is 2.59 bits per heavy atom. The smallest absolute Gasteiger partial charge is 0.221 e. The van der Waals surface area contributed by atoms with Crippen LogP contribution >= 0.6 is 15.9 Å². The first-order valence-electron chi connectivity index (χ1n) is 5.21. The van der Waals surface area contributed by atoms with Crippen LogP contribution in [0, 0.1) is 0 Å². The zero-order valence-electron chi connectivity index (χ0n) is 9.60. The van der Waals surface area contributed by atoms with E-state index in [1.807, 2.05) is 30.3 Å². The monoisotopic (exact) mass is 321 g/mol. The maximum Gasteiger partial charge on any atom is 0.221 e. The molecular weight excluding hydrogens is 306 g/mol. The number of sulfonamides is 1. The highest BCUT2D eigenvalue weighted by atomic mass is 79.9. The Bertz CT molecular complexity index is 422. The molecule has 0 aromatic heterocycles. The van der Waals surface area contributed by atoms with E-state index in [0.29, 0.717) is 13.2 Å². The topological polar surface area (TPSA) is 55.4 Å². The van der Waals surface area contributed by atoms with Crippen molar-refractivity contribution in [1.82, 2.24) is 4.72 Å². The Hall–Kier alpha value is -0.430. The average molecular weight is 322 g/mol. The molecule has 1 aromatic rings. The predicted molar refractivity (Wildman–Crippen MR) is 71.4 cm³/mol. The van der Waals surface area contributed by atoms with Crippen LogP contribution in [-0.2, 0) is 21.4 Å². The number of hydrogen-bond donors (Lipinski definition) is 1. The van der Waals surface area contributed by atoms with E-state index in [1.165, 1.54) is 0 Å². The molecule has 0 aliphatic carbocycles. The summed E-state index contributed by atoms with van der Waals surface area (Å²) in [6, 6.07) is 9.52. The van der Waals surface area contributed by atoms with Crippen molar-refractivity contribution >= 4 is 26.0 Å². The van der Waals surface area contributed by atoms with E-state index in [2.05, 4.69) is 20.7 Å². The number of ether oxygens (including phenoxy) is 1. The highest BCUT2D eigenvalue weighted by Gasteiger charge is 2.12. The van der Waals surface area contributed by atoms with Gasteiger partial charge in [-0.15, -0.1) is 0 Å². The van der Waals surface area contributed by atoms with Gasteiger partial charge in [-0.3, -0.25) is 0 Å². The lowest BCUT2D eigenvalue weighted by atomic mass is 10.2. The van der Waals surface area contributed by atoms with Crippen LogP contribution in [0.5, 0.6) is 0 Å². The summed E-state index contributed by atoms with van der Waals surface area (Å²) in [4.78, 5) is 0. The molecule has 0 bridgehead atoms. The van der Waals surface area contributed by atoms with Gasteiger partial charge in [-0.1, -0.05) is 46.3 Å². The van der Waals surface area contributed by atoms with E-state index in [-0.39, 0.29) is 10.7 Å². The van der Waals surface area contributed by atoms with Gasteiger partial charge in [-0.2, -0.15) is 0 Å². The SMILES string of the molecule is CC(COCc1ccccc1)NS(=O)(=O)CBr. The molecule has 0 amide bonds. The van der Waals surface area contributed by atoms with Gasteiger partial charge in [-0.25, -0.2) is 13.1 Å². The van der Waals surface area contributed by atoms with Gasteiger partial charge >= 0.3 is 0 Å². The van der Waals surface area contributed by atoms with Crippen LogP contribution in [-0.4, -0.2) is 25.7 Å². The molecule has 1 rings (SSSR count). The molecule has 0 radical (unpaired) electrons. The summed E-state index contributed by atoms with van der Waals surface area (Å²) in [6.45, 7) is 2.60. The fourth-order valence-electron chi connectivity index (χ4n) is 1.30. The number of nitrogens with one attached hydrogen (secondary N) is 1. The molecule has 1 aromatic carbocycles. The van der Waals surface area contributed by atoms with Crippen molar-refractivity contribution in [2.75, 3.05) is 11.3 Å². The summed E-state index contributed by atoms with van der Waals surface area (Å²) >= 11 is 2.91. The van der Waals surface area contributed by atoms with Gasteiger partial charge in [0.2, 0.25) is 10.0 Å². The summed E-state index contributed by atoms with van der Waals surface area (Å²) < 4.78 is 30.3. The molecule has 4 nitrogen and oxygen atoms in total. The molecule has 0 aliphatic rings. The maximum absolute atomic E-state index is 11.2. The van der Waals surface area contributed by atoms with Crippen molar-refractivity contribution in [3.8, 4) is 0 Å². The third kappa shape index (κ3) is 6.16. The third-order valence-electron chi connectivity index (χ3n) is 2.00. The van der Waals surface area contributed by atoms with Crippen LogP contribution in [0.1, 0.15) is 12.5 Å². The molecule has 96 valence electrons. The van der Waals surface area contributed by atoms with Crippen LogP contribution in [0.3, 0.4) is 0 Å². The zero-order valence-corrected chi connectivity index (χ0v) is 12.0. The summed E-state index contributed by atoms with van der Waals surface area (Å²) in [6.07, 6.45) is 0. The molecule has 1 unspecified atom stereocenters. The van der Waals surface area contributed by atoms with Crippen molar-refractivity contribution in [3.05, 3.63) is 35.9 Å². The predicted octanol–water partition coefficient (Wildman–Crippen LogP) is 1.86. The van der Waals surface area contributed by atoms with Crippen molar-refractivity contribution < 1.29 is 13.2 Å². The quantitative estimate of drug-likeness (QED) is 0.780. The van der Waals surface area contributed by atoms with E-state index in [4.69, 9.17) is 4.74 Å². The van der Waals surface area contributed by atoms with Crippen LogP contribution in [0.2, 0.25) is 0 Å². The Balaban J connectivity index is 2.28. The lowest BCUT2D eigenvalue weighted by molar-refractivity contribution is 0.108. The first-order valence-corrected chi connectivity index (χ1v) is 7.98. The van der Waals surface area contributed by atoms with Gasteiger partial charge in [0.15, 0.2) is 0 Å². The molecule has 0 aliphatic heterocycles. The largest absolute Gasteiger partial charge is 0.375 e. The van der Waals surface area contributed by atoms with E-state index in [1.54, 1.807) is 6.92 Å². The minimum absolute atomic E-state index is 0.0942. The number of hydrogen-bond acceptors (Lipinski definition) is 3. The molecule has 0 spiro atoms. The number of halogens is 1. The van der Waals surface area contributed by atoms with Crippen molar-refractivity contribution in [2.24, 2.45) is 0 Å². The van der Waals surface area contributed by atoms with Gasteiger partial charge in [0.05, 0.1) is 13.2 Å². The minimum Gasteiger partial charge on any atom is -0.375 e. The Morgan fingerprint density at radius 1 is 1.35 bits per heavy atom. The first-order chi connectivity index (χ1) is 8.03. The first kappa shape index (κ1) is 14.6. The van der Waals surface area contributed by atoms with Gasteiger partial charge in [0.1, 0.15) is 4.66 Å². The minimum atomic E-state index is -3.23. The average Bonchev–Trinajstić information content (AvgIpc) is 2.30. The second-order valence-corrected chi connectivity index (χ2v) is 6.80. The van der Waals surface area contributed by atoms with E-state index in [0.717, 1.165) is 5.56 Å². The molecule has 1 atom stereocenters. The van der Waals surface area contributed by atoms with Gasteiger partial charge in [-0.05, 0) is 12.5 Å². The fourth-order valence-corrected chi connectivity index (χ4v) is 2.44. The van der Waals surface area contributed by atoms with Crippen LogP contribution in [0.15, 0.2) is 30.3 Å². The number of benzene rings is 1. The third-order valence-corrected chi connectivity index (χ3v) is 4.86. The summed E-state index contributed by atoms with van der Waals surface area (Å²) in [5, 5.41) is 0. The fraction of sp³-hybridized carbons (Fsp3) is 0.455.